The maximum Gasteiger partial charge on any atom is 0.116 e. The summed E-state index contributed by atoms with van der Waals surface area (Å²) in [5.41, 5.74) is 3.59. The Hall–Kier alpha value is -1.51. The van der Waals surface area contributed by atoms with Crippen LogP contribution in [-0.2, 0) is 0 Å². The number of nitrogens with zero attached hydrogens (tertiary/aromatic N) is 2. The molecule has 0 aliphatic heterocycles. The Morgan fingerprint density at radius 3 is 2.82 bits per heavy atom. The second-order valence-corrected chi connectivity index (χ2v) is 5.27. The molecule has 1 saturated carbocycles. The maximum absolute atomic E-state index is 4.70. The lowest BCUT2D eigenvalue weighted by Crippen LogP contribution is -2.03. The van der Waals surface area contributed by atoms with Crippen molar-refractivity contribution in [2.45, 2.75) is 45.6 Å². The minimum atomic E-state index is 0.451. The first-order valence-corrected chi connectivity index (χ1v) is 6.41. The van der Waals surface area contributed by atoms with Gasteiger partial charge in [0.25, 0.3) is 0 Å². The molecule has 0 amide bonds. The summed E-state index contributed by atoms with van der Waals surface area (Å²) in [6.45, 7) is 6.48. The highest BCUT2D eigenvalue weighted by Crippen LogP contribution is 2.30. The van der Waals surface area contributed by atoms with E-state index in [-0.39, 0.29) is 0 Å². The first-order chi connectivity index (χ1) is 8.16. The van der Waals surface area contributed by atoms with Crippen LogP contribution in [0.25, 0.3) is 5.52 Å². The van der Waals surface area contributed by atoms with E-state index in [0.717, 1.165) is 11.5 Å². The Balaban J connectivity index is 2.16. The molecule has 3 rings (SSSR count). The summed E-state index contributed by atoms with van der Waals surface area (Å²) in [6, 6.07) is 4.94. The summed E-state index contributed by atoms with van der Waals surface area (Å²) in [5.74, 6) is 1.60. The largest absolute Gasteiger partial charge is 0.381 e. The van der Waals surface area contributed by atoms with Crippen LogP contribution in [-0.4, -0.2) is 15.4 Å². The molecule has 0 bridgehead atoms. The topological polar surface area (TPSA) is 29.3 Å². The zero-order valence-corrected chi connectivity index (χ0v) is 10.7. The Morgan fingerprint density at radius 2 is 2.18 bits per heavy atom. The van der Waals surface area contributed by atoms with E-state index in [2.05, 4.69) is 48.8 Å². The first kappa shape index (κ1) is 10.6. The van der Waals surface area contributed by atoms with Crippen LogP contribution in [0, 0.1) is 6.92 Å². The molecule has 2 aromatic rings. The van der Waals surface area contributed by atoms with Gasteiger partial charge in [-0.3, -0.25) is 0 Å². The molecular formula is C14H19N3. The third kappa shape index (κ3) is 1.79. The Bertz CT molecular complexity index is 550. The van der Waals surface area contributed by atoms with Crippen molar-refractivity contribution in [2.24, 2.45) is 0 Å². The molecule has 2 aromatic heterocycles. The SMILES string of the molecule is Cc1nc(C(C)C)n2cccc(NC3CC3)c12. The maximum atomic E-state index is 4.70. The smallest absolute Gasteiger partial charge is 0.116 e. The molecule has 0 radical (unpaired) electrons. The average molecular weight is 229 g/mol. The Kier molecular flexibility index (Phi) is 2.35. The van der Waals surface area contributed by atoms with E-state index < -0.39 is 0 Å². The van der Waals surface area contributed by atoms with Crippen LogP contribution in [0.4, 0.5) is 5.69 Å². The molecule has 1 fully saturated rings. The highest BCUT2D eigenvalue weighted by atomic mass is 15.1. The van der Waals surface area contributed by atoms with Crippen LogP contribution >= 0.6 is 0 Å². The molecule has 0 spiro atoms. The van der Waals surface area contributed by atoms with Crippen molar-refractivity contribution in [3.05, 3.63) is 29.8 Å². The molecule has 0 atom stereocenters. The minimum Gasteiger partial charge on any atom is -0.381 e. The highest BCUT2D eigenvalue weighted by Gasteiger charge is 2.22. The van der Waals surface area contributed by atoms with E-state index in [4.69, 9.17) is 4.98 Å². The van der Waals surface area contributed by atoms with E-state index in [0.29, 0.717) is 12.0 Å². The van der Waals surface area contributed by atoms with Crippen LogP contribution in [0.3, 0.4) is 0 Å². The fourth-order valence-electron chi connectivity index (χ4n) is 2.32. The third-order valence-corrected chi connectivity index (χ3v) is 3.32. The van der Waals surface area contributed by atoms with Crippen LogP contribution in [0.2, 0.25) is 0 Å². The number of imidazole rings is 1. The lowest BCUT2D eigenvalue weighted by Gasteiger charge is -2.09. The summed E-state index contributed by atoms with van der Waals surface area (Å²) in [7, 11) is 0. The number of hydrogen-bond donors (Lipinski definition) is 1. The van der Waals surface area contributed by atoms with Gasteiger partial charge in [-0.05, 0) is 31.9 Å². The number of pyridine rings is 1. The zero-order valence-electron chi connectivity index (χ0n) is 10.7. The van der Waals surface area contributed by atoms with Gasteiger partial charge in [-0.2, -0.15) is 0 Å². The third-order valence-electron chi connectivity index (χ3n) is 3.32. The van der Waals surface area contributed by atoms with Crippen molar-refractivity contribution in [2.75, 3.05) is 5.32 Å². The fourth-order valence-corrected chi connectivity index (χ4v) is 2.32. The Morgan fingerprint density at radius 1 is 1.41 bits per heavy atom. The van der Waals surface area contributed by atoms with Crippen molar-refractivity contribution in [3.8, 4) is 0 Å². The Labute approximate surface area is 102 Å². The molecule has 90 valence electrons. The number of fused-ring (bicyclic) bond motifs is 1. The van der Waals surface area contributed by atoms with Gasteiger partial charge in [-0.15, -0.1) is 0 Å². The molecule has 1 aliphatic carbocycles. The van der Waals surface area contributed by atoms with Crippen molar-refractivity contribution in [1.29, 1.82) is 0 Å². The quantitative estimate of drug-likeness (QED) is 0.874. The normalized spacial score (nSPS) is 15.8. The second-order valence-electron chi connectivity index (χ2n) is 5.27. The summed E-state index contributed by atoms with van der Waals surface area (Å²) in [6.07, 6.45) is 4.71. The van der Waals surface area contributed by atoms with Crippen molar-refractivity contribution >= 4 is 11.2 Å². The van der Waals surface area contributed by atoms with Crippen LogP contribution in [0.5, 0.6) is 0 Å². The van der Waals surface area contributed by atoms with Gasteiger partial charge in [0.1, 0.15) is 5.82 Å². The minimum absolute atomic E-state index is 0.451. The lowest BCUT2D eigenvalue weighted by molar-refractivity contribution is 0.768. The number of nitrogens with one attached hydrogen (secondary N) is 1. The summed E-state index contributed by atoms with van der Waals surface area (Å²) in [5, 5.41) is 3.59. The van der Waals surface area contributed by atoms with Gasteiger partial charge in [-0.1, -0.05) is 13.8 Å². The predicted octanol–water partition coefficient (Wildman–Crippen LogP) is 3.34. The average Bonchev–Trinajstić information content (AvgIpc) is 3.02. The van der Waals surface area contributed by atoms with Gasteiger partial charge >= 0.3 is 0 Å². The summed E-state index contributed by atoms with van der Waals surface area (Å²) in [4.78, 5) is 4.70. The van der Waals surface area contributed by atoms with Crippen molar-refractivity contribution in [1.82, 2.24) is 9.38 Å². The van der Waals surface area contributed by atoms with E-state index >= 15 is 0 Å². The van der Waals surface area contributed by atoms with Crippen molar-refractivity contribution < 1.29 is 0 Å². The molecule has 0 saturated heterocycles. The molecule has 2 heterocycles. The van der Waals surface area contributed by atoms with Crippen LogP contribution in [0.1, 0.15) is 44.1 Å². The van der Waals surface area contributed by atoms with Crippen LogP contribution < -0.4 is 5.32 Å². The standard InChI is InChI=1S/C14H19N3/c1-9(2)14-15-10(3)13-12(16-11-6-7-11)5-4-8-17(13)14/h4-5,8-9,11,16H,6-7H2,1-3H3. The highest BCUT2D eigenvalue weighted by molar-refractivity contribution is 5.75. The van der Waals surface area contributed by atoms with E-state index in [9.17, 15) is 0 Å². The van der Waals surface area contributed by atoms with E-state index in [1.54, 1.807) is 0 Å². The van der Waals surface area contributed by atoms with Gasteiger partial charge in [0.05, 0.1) is 16.9 Å². The zero-order chi connectivity index (χ0) is 12.0. The lowest BCUT2D eigenvalue weighted by atomic mass is 10.2. The van der Waals surface area contributed by atoms with Gasteiger partial charge in [0.2, 0.25) is 0 Å². The van der Waals surface area contributed by atoms with Crippen molar-refractivity contribution in [3.63, 3.8) is 0 Å². The second kappa shape index (κ2) is 3.76. The van der Waals surface area contributed by atoms with Gasteiger partial charge in [-0.25, -0.2) is 4.98 Å². The number of hydrogen-bond acceptors (Lipinski definition) is 2. The number of rotatable bonds is 3. The predicted molar refractivity (Wildman–Crippen MR) is 70.7 cm³/mol. The monoisotopic (exact) mass is 229 g/mol. The molecule has 1 aliphatic rings. The van der Waals surface area contributed by atoms with E-state index in [1.165, 1.54) is 24.0 Å². The number of aryl methyl sites for hydroxylation is 1. The van der Waals surface area contributed by atoms with E-state index in [1.807, 2.05) is 0 Å². The number of aromatic nitrogens is 2. The summed E-state index contributed by atoms with van der Waals surface area (Å²) >= 11 is 0. The molecule has 17 heavy (non-hydrogen) atoms. The van der Waals surface area contributed by atoms with Gasteiger partial charge in [0, 0.05) is 18.2 Å². The molecule has 0 aromatic carbocycles. The first-order valence-electron chi connectivity index (χ1n) is 6.41. The van der Waals surface area contributed by atoms with Gasteiger partial charge in [0.15, 0.2) is 0 Å². The van der Waals surface area contributed by atoms with Crippen LogP contribution in [0.15, 0.2) is 18.3 Å². The fraction of sp³-hybridized carbons (Fsp3) is 0.500. The number of anilines is 1. The molecule has 3 nitrogen and oxygen atoms in total. The molecular weight excluding hydrogens is 210 g/mol. The molecule has 3 heteroatoms. The molecule has 1 N–H and O–H groups in total. The summed E-state index contributed by atoms with van der Waals surface area (Å²) < 4.78 is 2.23. The van der Waals surface area contributed by atoms with Gasteiger partial charge < -0.3 is 9.72 Å². The molecule has 0 unspecified atom stereocenters.